The molecule has 2 aromatic rings. The Morgan fingerprint density at radius 1 is 1.12 bits per heavy atom. The smallest absolute Gasteiger partial charge is 0.244 e. The van der Waals surface area contributed by atoms with Gasteiger partial charge < -0.3 is 18.9 Å². The van der Waals surface area contributed by atoms with E-state index in [4.69, 9.17) is 18.9 Å². The number of hydrogen-bond acceptors (Lipinski definition) is 6. The number of nitrogens with one attached hydrogen (secondary N) is 1. The summed E-state index contributed by atoms with van der Waals surface area (Å²) in [6.45, 7) is 0.325. The Balaban J connectivity index is 1.73. The highest BCUT2D eigenvalue weighted by Crippen LogP contribution is 2.31. The Morgan fingerprint density at radius 2 is 1.88 bits per heavy atom. The third kappa shape index (κ3) is 3.80. The van der Waals surface area contributed by atoms with Gasteiger partial charge in [-0.1, -0.05) is 12.1 Å². The molecule has 0 radical (unpaired) electrons. The first-order chi connectivity index (χ1) is 12.0. The van der Waals surface area contributed by atoms with Crippen LogP contribution in [0.1, 0.15) is 0 Å². The van der Waals surface area contributed by atoms with Crippen molar-refractivity contribution in [2.75, 3.05) is 27.4 Å². The Bertz CT molecular complexity index is 852. The topological polar surface area (TPSA) is 83.1 Å². The van der Waals surface area contributed by atoms with Crippen LogP contribution in [0.15, 0.2) is 47.4 Å². The average molecular weight is 365 g/mol. The summed E-state index contributed by atoms with van der Waals surface area (Å²) in [7, 11) is -0.922. The maximum atomic E-state index is 12.6. The van der Waals surface area contributed by atoms with Crippen LogP contribution in [-0.4, -0.2) is 41.9 Å². The number of sulfonamides is 1. The summed E-state index contributed by atoms with van der Waals surface area (Å²) in [4.78, 5) is 0.00600. The van der Waals surface area contributed by atoms with Crippen molar-refractivity contribution in [3.8, 4) is 23.0 Å². The van der Waals surface area contributed by atoms with E-state index in [1.165, 1.54) is 20.3 Å². The Morgan fingerprint density at radius 3 is 2.60 bits per heavy atom. The van der Waals surface area contributed by atoms with Crippen LogP contribution in [-0.2, 0) is 10.0 Å². The number of para-hydroxylation sites is 2. The highest BCUT2D eigenvalue weighted by atomic mass is 32.2. The molecular weight excluding hydrogens is 346 g/mol. The zero-order valence-electron chi connectivity index (χ0n) is 13.9. The lowest BCUT2D eigenvalue weighted by atomic mass is 10.2. The zero-order chi connectivity index (χ0) is 17.9. The fourth-order valence-electron chi connectivity index (χ4n) is 2.44. The zero-order valence-corrected chi connectivity index (χ0v) is 14.7. The highest BCUT2D eigenvalue weighted by molar-refractivity contribution is 7.89. The fraction of sp³-hybridized carbons (Fsp3) is 0.294. The molecule has 134 valence electrons. The van der Waals surface area contributed by atoms with E-state index in [1.807, 2.05) is 12.1 Å². The maximum absolute atomic E-state index is 12.6. The number of hydrogen-bond donors (Lipinski definition) is 1. The van der Waals surface area contributed by atoms with Crippen LogP contribution >= 0.6 is 0 Å². The van der Waals surface area contributed by atoms with Gasteiger partial charge in [0.05, 0.1) is 20.8 Å². The second-order valence-corrected chi connectivity index (χ2v) is 7.10. The predicted molar refractivity (Wildman–Crippen MR) is 91.1 cm³/mol. The number of methoxy groups -OCH3 is 2. The maximum Gasteiger partial charge on any atom is 0.244 e. The van der Waals surface area contributed by atoms with E-state index < -0.39 is 16.1 Å². The van der Waals surface area contributed by atoms with Gasteiger partial charge >= 0.3 is 0 Å². The van der Waals surface area contributed by atoms with Gasteiger partial charge in [-0.25, -0.2) is 13.1 Å². The molecule has 25 heavy (non-hydrogen) atoms. The molecule has 1 N–H and O–H groups in total. The molecule has 2 aromatic carbocycles. The van der Waals surface area contributed by atoms with E-state index in [0.29, 0.717) is 17.2 Å². The van der Waals surface area contributed by atoms with Crippen molar-refractivity contribution < 1.29 is 27.4 Å². The Kier molecular flexibility index (Phi) is 5.00. The predicted octanol–water partition coefficient (Wildman–Crippen LogP) is 1.82. The summed E-state index contributed by atoms with van der Waals surface area (Å²) in [5, 5.41) is 0. The lowest BCUT2D eigenvalue weighted by Gasteiger charge is -2.26. The van der Waals surface area contributed by atoms with Gasteiger partial charge in [0.25, 0.3) is 0 Å². The molecule has 0 aromatic heterocycles. The van der Waals surface area contributed by atoms with E-state index in [0.717, 1.165) is 0 Å². The summed E-state index contributed by atoms with van der Waals surface area (Å²) in [5.41, 5.74) is 0. The molecule has 0 aliphatic carbocycles. The van der Waals surface area contributed by atoms with E-state index in [-0.39, 0.29) is 23.8 Å². The van der Waals surface area contributed by atoms with Gasteiger partial charge in [0, 0.05) is 6.07 Å². The first kappa shape index (κ1) is 17.4. The standard InChI is InChI=1S/C17H19NO6S/c1-21-12-7-8-16(22-2)17(9-12)25(19,20)18-10-13-11-23-14-5-3-4-6-15(14)24-13/h3-9,13,18H,10-11H2,1-2H3/t13-/m0/s1. The molecule has 1 aliphatic heterocycles. The molecule has 0 unspecified atom stereocenters. The SMILES string of the molecule is COc1ccc(OC)c(S(=O)(=O)NC[C@H]2COc3ccccc3O2)c1. The number of ether oxygens (including phenoxy) is 4. The molecule has 0 saturated carbocycles. The van der Waals surface area contributed by atoms with Gasteiger partial charge in [-0.3, -0.25) is 0 Å². The molecular formula is C17H19NO6S. The van der Waals surface area contributed by atoms with Crippen molar-refractivity contribution in [2.45, 2.75) is 11.0 Å². The van der Waals surface area contributed by atoms with Crippen molar-refractivity contribution in [3.63, 3.8) is 0 Å². The summed E-state index contributed by atoms with van der Waals surface area (Å²) in [5.74, 6) is 1.90. The lowest BCUT2D eigenvalue weighted by Crippen LogP contribution is -2.40. The summed E-state index contributed by atoms with van der Waals surface area (Å²) in [6, 6.07) is 11.8. The lowest BCUT2D eigenvalue weighted by molar-refractivity contribution is 0.0943. The first-order valence-electron chi connectivity index (χ1n) is 7.63. The van der Waals surface area contributed by atoms with Crippen molar-refractivity contribution in [1.82, 2.24) is 4.72 Å². The van der Waals surface area contributed by atoms with Crippen LogP contribution in [0.5, 0.6) is 23.0 Å². The van der Waals surface area contributed by atoms with E-state index >= 15 is 0 Å². The summed E-state index contributed by atoms with van der Waals surface area (Å²) < 4.78 is 49.4. The summed E-state index contributed by atoms with van der Waals surface area (Å²) >= 11 is 0. The third-order valence-corrected chi connectivity index (χ3v) is 5.17. The third-order valence-electron chi connectivity index (χ3n) is 3.73. The van der Waals surface area contributed by atoms with E-state index in [9.17, 15) is 8.42 Å². The Hall–Kier alpha value is -2.45. The largest absolute Gasteiger partial charge is 0.497 e. The van der Waals surface area contributed by atoms with Gasteiger partial charge in [-0.15, -0.1) is 0 Å². The minimum absolute atomic E-state index is 0.00600. The van der Waals surface area contributed by atoms with Gasteiger partial charge in [0.1, 0.15) is 29.1 Å². The van der Waals surface area contributed by atoms with Gasteiger partial charge in [-0.2, -0.15) is 0 Å². The monoisotopic (exact) mass is 365 g/mol. The average Bonchev–Trinajstić information content (AvgIpc) is 2.65. The molecule has 0 spiro atoms. The highest BCUT2D eigenvalue weighted by Gasteiger charge is 2.25. The number of rotatable bonds is 6. The fourth-order valence-corrected chi connectivity index (χ4v) is 3.69. The quantitative estimate of drug-likeness (QED) is 0.841. The minimum atomic E-state index is -3.80. The Labute approximate surface area is 146 Å². The molecule has 1 aliphatic rings. The minimum Gasteiger partial charge on any atom is -0.497 e. The molecule has 1 atom stereocenters. The normalized spacial score (nSPS) is 16.3. The van der Waals surface area contributed by atoms with Gasteiger partial charge in [-0.05, 0) is 24.3 Å². The second-order valence-electron chi connectivity index (χ2n) is 5.37. The van der Waals surface area contributed by atoms with Crippen molar-refractivity contribution in [2.24, 2.45) is 0 Å². The first-order valence-corrected chi connectivity index (χ1v) is 9.12. The van der Waals surface area contributed by atoms with E-state index in [1.54, 1.807) is 24.3 Å². The molecule has 8 heteroatoms. The molecule has 7 nitrogen and oxygen atoms in total. The van der Waals surface area contributed by atoms with Crippen LogP contribution < -0.4 is 23.7 Å². The van der Waals surface area contributed by atoms with Crippen LogP contribution in [0.25, 0.3) is 0 Å². The molecule has 1 heterocycles. The second kappa shape index (κ2) is 7.20. The molecule has 3 rings (SSSR count). The van der Waals surface area contributed by atoms with Crippen LogP contribution in [0, 0.1) is 0 Å². The van der Waals surface area contributed by atoms with Gasteiger partial charge in [0.15, 0.2) is 11.5 Å². The number of fused-ring (bicyclic) bond motifs is 1. The summed E-state index contributed by atoms with van der Waals surface area (Å²) in [6.07, 6.45) is -0.429. The van der Waals surface area contributed by atoms with Crippen LogP contribution in [0.4, 0.5) is 0 Å². The van der Waals surface area contributed by atoms with Crippen molar-refractivity contribution in [1.29, 1.82) is 0 Å². The molecule has 0 amide bonds. The molecule has 0 bridgehead atoms. The van der Waals surface area contributed by atoms with Gasteiger partial charge in [0.2, 0.25) is 10.0 Å². The van der Waals surface area contributed by atoms with Crippen molar-refractivity contribution in [3.05, 3.63) is 42.5 Å². The number of benzene rings is 2. The molecule has 0 fully saturated rings. The van der Waals surface area contributed by atoms with E-state index in [2.05, 4.69) is 4.72 Å². The van der Waals surface area contributed by atoms with Crippen molar-refractivity contribution >= 4 is 10.0 Å². The van der Waals surface area contributed by atoms with Crippen LogP contribution in [0.2, 0.25) is 0 Å². The van der Waals surface area contributed by atoms with Crippen LogP contribution in [0.3, 0.4) is 0 Å². The molecule has 0 saturated heterocycles.